The van der Waals surface area contributed by atoms with Crippen LogP contribution in [0.2, 0.25) is 10.0 Å². The molecule has 0 fully saturated rings. The lowest BCUT2D eigenvalue weighted by molar-refractivity contribution is -0.126. The van der Waals surface area contributed by atoms with Gasteiger partial charge in [0.1, 0.15) is 5.82 Å². The maximum Gasteiger partial charge on any atom is 0.340 e. The van der Waals surface area contributed by atoms with Gasteiger partial charge in [0.15, 0.2) is 0 Å². The molecule has 4 aromatic rings. The number of benzene rings is 4. The van der Waals surface area contributed by atoms with Crippen LogP contribution < -0.4 is 4.90 Å². The van der Waals surface area contributed by atoms with Crippen LogP contribution >= 0.6 is 23.2 Å². The van der Waals surface area contributed by atoms with E-state index in [4.69, 9.17) is 27.9 Å². The highest BCUT2D eigenvalue weighted by atomic mass is 35.5. The van der Waals surface area contributed by atoms with E-state index in [-0.39, 0.29) is 28.1 Å². The lowest BCUT2D eigenvalue weighted by Crippen LogP contribution is -2.44. The summed E-state index contributed by atoms with van der Waals surface area (Å²) in [4.78, 5) is 45.8. The Morgan fingerprint density at radius 2 is 1.32 bits per heavy atom. The third kappa shape index (κ3) is 4.94. The van der Waals surface area contributed by atoms with Crippen molar-refractivity contribution in [3.05, 3.63) is 135 Å². The molecule has 188 valence electrons. The molecule has 0 aliphatic carbocycles. The first-order valence-corrected chi connectivity index (χ1v) is 12.1. The number of hydrogen-bond donors (Lipinski definition) is 0. The van der Waals surface area contributed by atoms with Gasteiger partial charge in [-0.05, 0) is 66.7 Å². The topological polar surface area (TPSA) is 76.0 Å². The average molecular weight is 547 g/mol. The Hall–Kier alpha value is -4.33. The molecule has 5 rings (SSSR count). The molecule has 0 aromatic heterocycles. The molecule has 4 aromatic carbocycles. The van der Waals surface area contributed by atoms with Crippen molar-refractivity contribution in [1.29, 1.82) is 0 Å². The van der Waals surface area contributed by atoms with Gasteiger partial charge in [-0.3, -0.25) is 9.59 Å². The predicted molar refractivity (Wildman–Crippen MR) is 142 cm³/mol. The summed E-state index contributed by atoms with van der Waals surface area (Å²) in [6, 6.07) is 24.1. The molecule has 9 heteroatoms. The standard InChI is InChI=1S/C29H17Cl2FN2O4/c30-19-13-9-17(10-14-19)27(35)34-24-8-4-2-6-22(24)25(21-5-1-3-7-23(21)32)33-26(28(34)36)38-29(37)18-11-15-20(31)16-12-18/h1-16,26H/t26-/m0/s1. The Morgan fingerprint density at radius 3 is 1.95 bits per heavy atom. The number of hydrogen-bond acceptors (Lipinski definition) is 5. The van der Waals surface area contributed by atoms with Crippen molar-refractivity contribution in [2.24, 2.45) is 4.99 Å². The van der Waals surface area contributed by atoms with Crippen LogP contribution in [0.4, 0.5) is 10.1 Å². The number of para-hydroxylation sites is 1. The Labute approximate surface area is 226 Å². The number of anilines is 1. The van der Waals surface area contributed by atoms with Crippen molar-refractivity contribution in [1.82, 2.24) is 0 Å². The summed E-state index contributed by atoms with van der Waals surface area (Å²) in [5.41, 5.74) is 0.855. The molecule has 6 nitrogen and oxygen atoms in total. The minimum Gasteiger partial charge on any atom is -0.426 e. The largest absolute Gasteiger partial charge is 0.426 e. The van der Waals surface area contributed by atoms with Crippen molar-refractivity contribution in [3.63, 3.8) is 0 Å². The summed E-state index contributed by atoms with van der Waals surface area (Å²) in [5, 5.41) is 0.811. The molecule has 0 N–H and O–H groups in total. The van der Waals surface area contributed by atoms with E-state index >= 15 is 0 Å². The van der Waals surface area contributed by atoms with E-state index in [0.717, 1.165) is 4.90 Å². The number of aliphatic imine (C=N–C) groups is 1. The molecule has 0 spiro atoms. The number of fused-ring (bicyclic) bond motifs is 1. The fraction of sp³-hybridized carbons (Fsp3) is 0.0345. The first-order valence-electron chi connectivity index (χ1n) is 11.4. The van der Waals surface area contributed by atoms with Gasteiger partial charge in [-0.15, -0.1) is 0 Å². The number of halogens is 3. The molecule has 0 saturated heterocycles. The second-order valence-electron chi connectivity index (χ2n) is 8.22. The highest BCUT2D eigenvalue weighted by Gasteiger charge is 2.38. The van der Waals surface area contributed by atoms with E-state index < -0.39 is 29.8 Å². The number of esters is 1. The Kier molecular flexibility index (Phi) is 7.05. The van der Waals surface area contributed by atoms with Gasteiger partial charge in [0, 0.05) is 26.7 Å². The number of imide groups is 1. The summed E-state index contributed by atoms with van der Waals surface area (Å²) in [6.07, 6.45) is -1.79. The fourth-order valence-electron chi connectivity index (χ4n) is 3.97. The monoisotopic (exact) mass is 546 g/mol. The fourth-order valence-corrected chi connectivity index (χ4v) is 4.22. The van der Waals surface area contributed by atoms with Gasteiger partial charge < -0.3 is 4.74 Å². The quantitative estimate of drug-likeness (QED) is 0.221. The zero-order chi connectivity index (χ0) is 26.8. The number of rotatable bonds is 4. The van der Waals surface area contributed by atoms with Crippen molar-refractivity contribution in [2.45, 2.75) is 6.23 Å². The Bertz CT molecular complexity index is 1590. The second-order valence-corrected chi connectivity index (χ2v) is 9.10. The van der Waals surface area contributed by atoms with Crippen LogP contribution in [0.5, 0.6) is 0 Å². The number of amides is 2. The average Bonchev–Trinajstić information content (AvgIpc) is 3.04. The number of nitrogens with zero attached hydrogens (tertiary/aromatic N) is 2. The molecule has 1 heterocycles. The molecule has 1 atom stereocenters. The first kappa shape index (κ1) is 25.3. The maximum absolute atomic E-state index is 15.0. The van der Waals surface area contributed by atoms with Gasteiger partial charge in [0.2, 0.25) is 0 Å². The summed E-state index contributed by atoms with van der Waals surface area (Å²) in [7, 11) is 0. The molecule has 0 unspecified atom stereocenters. The number of carbonyl (C=O) groups excluding carboxylic acids is 3. The van der Waals surface area contributed by atoms with Crippen molar-refractivity contribution in [3.8, 4) is 0 Å². The lowest BCUT2D eigenvalue weighted by Gasteiger charge is -2.23. The van der Waals surface area contributed by atoms with Gasteiger partial charge in [-0.2, -0.15) is 0 Å². The normalized spacial score (nSPS) is 14.8. The minimum absolute atomic E-state index is 0.0485. The van der Waals surface area contributed by atoms with Crippen LogP contribution in [-0.2, 0) is 9.53 Å². The SMILES string of the molecule is O=C(O[C@@H]1N=C(c2ccccc2F)c2ccccc2N(C(=O)c2ccc(Cl)cc2)C1=O)c1ccc(Cl)cc1. The van der Waals surface area contributed by atoms with Gasteiger partial charge in [-0.1, -0.05) is 53.5 Å². The summed E-state index contributed by atoms with van der Waals surface area (Å²) in [6.45, 7) is 0. The van der Waals surface area contributed by atoms with Crippen LogP contribution in [0.15, 0.2) is 102 Å². The molecule has 0 bridgehead atoms. The molecule has 1 aliphatic rings. The third-order valence-corrected chi connectivity index (χ3v) is 6.30. The Balaban J connectivity index is 1.66. The Morgan fingerprint density at radius 1 is 0.763 bits per heavy atom. The van der Waals surface area contributed by atoms with E-state index in [1.807, 2.05) is 0 Å². The zero-order valence-corrected chi connectivity index (χ0v) is 21.0. The molecular formula is C29H17Cl2FN2O4. The van der Waals surface area contributed by atoms with Crippen molar-refractivity contribution >= 4 is 52.4 Å². The molecular weight excluding hydrogens is 530 g/mol. The van der Waals surface area contributed by atoms with E-state index in [1.165, 1.54) is 66.7 Å². The number of benzodiazepines with no additional fused rings is 1. The van der Waals surface area contributed by atoms with Gasteiger partial charge in [0.05, 0.1) is 17.0 Å². The molecule has 0 radical (unpaired) electrons. The minimum atomic E-state index is -1.79. The zero-order valence-electron chi connectivity index (χ0n) is 19.5. The first-order chi connectivity index (χ1) is 18.3. The summed E-state index contributed by atoms with van der Waals surface area (Å²) < 4.78 is 20.5. The third-order valence-electron chi connectivity index (χ3n) is 5.80. The van der Waals surface area contributed by atoms with Crippen LogP contribution in [0.1, 0.15) is 31.8 Å². The van der Waals surface area contributed by atoms with E-state index in [9.17, 15) is 18.8 Å². The second kappa shape index (κ2) is 10.6. The maximum atomic E-state index is 15.0. The van der Waals surface area contributed by atoms with Crippen molar-refractivity contribution < 1.29 is 23.5 Å². The smallest absolute Gasteiger partial charge is 0.340 e. The van der Waals surface area contributed by atoms with Gasteiger partial charge >= 0.3 is 5.97 Å². The number of ether oxygens (including phenoxy) is 1. The molecule has 0 saturated carbocycles. The van der Waals surface area contributed by atoms with Crippen molar-refractivity contribution in [2.75, 3.05) is 4.90 Å². The summed E-state index contributed by atoms with van der Waals surface area (Å²) in [5.74, 6) is -3.10. The molecule has 1 aliphatic heterocycles. The van der Waals surface area contributed by atoms with Gasteiger partial charge in [-0.25, -0.2) is 19.1 Å². The van der Waals surface area contributed by atoms with Crippen LogP contribution in [0.25, 0.3) is 0 Å². The van der Waals surface area contributed by atoms with Crippen LogP contribution in [0.3, 0.4) is 0 Å². The number of carbonyl (C=O) groups is 3. The van der Waals surface area contributed by atoms with Gasteiger partial charge in [0.25, 0.3) is 18.0 Å². The molecule has 38 heavy (non-hydrogen) atoms. The summed E-state index contributed by atoms with van der Waals surface area (Å²) >= 11 is 11.9. The predicted octanol–water partition coefficient (Wildman–Crippen LogP) is 6.34. The van der Waals surface area contributed by atoms with E-state index in [2.05, 4.69) is 4.99 Å². The molecule has 2 amide bonds. The van der Waals surface area contributed by atoms with Crippen LogP contribution in [0, 0.1) is 5.82 Å². The highest BCUT2D eigenvalue weighted by Crippen LogP contribution is 2.31. The van der Waals surface area contributed by atoms with E-state index in [0.29, 0.717) is 15.6 Å². The highest BCUT2D eigenvalue weighted by molar-refractivity contribution is 6.31. The van der Waals surface area contributed by atoms with E-state index in [1.54, 1.807) is 30.3 Å². The van der Waals surface area contributed by atoms with Crippen LogP contribution in [-0.4, -0.2) is 29.7 Å². The lowest BCUT2D eigenvalue weighted by atomic mass is 9.99.